The molecule has 0 bridgehead atoms. The molecule has 2 amide bonds. The van der Waals surface area contributed by atoms with Gasteiger partial charge in [0.2, 0.25) is 5.91 Å². The van der Waals surface area contributed by atoms with Crippen LogP contribution in [0.3, 0.4) is 0 Å². The predicted molar refractivity (Wildman–Crippen MR) is 116 cm³/mol. The third-order valence-corrected chi connectivity index (χ3v) is 5.67. The maximum absolute atomic E-state index is 12.5. The van der Waals surface area contributed by atoms with Crippen molar-refractivity contribution in [2.24, 2.45) is 5.92 Å². The van der Waals surface area contributed by atoms with E-state index in [0.717, 1.165) is 21.7 Å². The smallest absolute Gasteiger partial charge is 0.260 e. The van der Waals surface area contributed by atoms with Crippen molar-refractivity contribution in [3.8, 4) is 5.75 Å². The molecule has 7 heteroatoms. The highest BCUT2D eigenvalue weighted by molar-refractivity contribution is 9.10. The summed E-state index contributed by atoms with van der Waals surface area (Å²) in [6.45, 7) is 2.45. The number of halogens is 1. The van der Waals surface area contributed by atoms with Crippen molar-refractivity contribution in [2.75, 3.05) is 40.0 Å². The minimum atomic E-state index is -0.0418. The SMILES string of the molecule is COCCCNC(=O)C1CCN(C(=O)COc2ccc3cc(Br)ccc3c2)CC1. The second-order valence-corrected chi connectivity index (χ2v) is 8.15. The molecule has 0 aliphatic carbocycles. The fraction of sp³-hybridized carbons (Fsp3) is 0.455. The lowest BCUT2D eigenvalue weighted by atomic mass is 9.96. The Morgan fingerprint density at radius 2 is 1.86 bits per heavy atom. The van der Waals surface area contributed by atoms with Gasteiger partial charge in [-0.3, -0.25) is 9.59 Å². The number of nitrogens with zero attached hydrogens (tertiary/aromatic N) is 1. The van der Waals surface area contributed by atoms with Gasteiger partial charge in [0.15, 0.2) is 6.61 Å². The fourth-order valence-corrected chi connectivity index (χ4v) is 3.86. The first kappa shape index (κ1) is 21.6. The van der Waals surface area contributed by atoms with Gasteiger partial charge in [0.25, 0.3) is 5.91 Å². The lowest BCUT2D eigenvalue weighted by molar-refractivity contribution is -0.137. The summed E-state index contributed by atoms with van der Waals surface area (Å²) in [5, 5.41) is 5.12. The Balaban J connectivity index is 1.43. The number of hydrogen-bond acceptors (Lipinski definition) is 4. The van der Waals surface area contributed by atoms with Crippen LogP contribution in [0.5, 0.6) is 5.75 Å². The highest BCUT2D eigenvalue weighted by atomic mass is 79.9. The summed E-state index contributed by atoms with van der Waals surface area (Å²) < 4.78 is 11.7. The largest absolute Gasteiger partial charge is 0.484 e. The molecule has 2 aromatic rings. The molecule has 0 unspecified atom stereocenters. The molecular formula is C22H27BrN2O4. The molecule has 1 N–H and O–H groups in total. The molecule has 2 aromatic carbocycles. The summed E-state index contributed by atoms with van der Waals surface area (Å²) in [6, 6.07) is 11.8. The van der Waals surface area contributed by atoms with Gasteiger partial charge in [0.1, 0.15) is 5.75 Å². The zero-order chi connectivity index (χ0) is 20.6. The number of hydrogen-bond donors (Lipinski definition) is 1. The van der Waals surface area contributed by atoms with Crippen molar-refractivity contribution >= 4 is 38.5 Å². The number of methoxy groups -OCH3 is 1. The van der Waals surface area contributed by atoms with Gasteiger partial charge >= 0.3 is 0 Å². The number of amides is 2. The van der Waals surface area contributed by atoms with Crippen molar-refractivity contribution in [3.05, 3.63) is 40.9 Å². The Morgan fingerprint density at radius 1 is 1.14 bits per heavy atom. The van der Waals surface area contributed by atoms with Gasteiger partial charge in [-0.1, -0.05) is 28.1 Å². The first-order valence-electron chi connectivity index (χ1n) is 9.93. The number of ether oxygens (including phenoxy) is 2. The van der Waals surface area contributed by atoms with Crippen LogP contribution in [0.4, 0.5) is 0 Å². The molecule has 0 radical (unpaired) electrons. The van der Waals surface area contributed by atoms with Gasteiger partial charge in [-0.15, -0.1) is 0 Å². The zero-order valence-electron chi connectivity index (χ0n) is 16.7. The predicted octanol–water partition coefficient (Wildman–Crippen LogP) is 3.37. The Morgan fingerprint density at radius 3 is 2.62 bits per heavy atom. The van der Waals surface area contributed by atoms with Crippen LogP contribution >= 0.6 is 15.9 Å². The molecule has 0 aromatic heterocycles. The first-order chi connectivity index (χ1) is 14.1. The Bertz CT molecular complexity index is 850. The van der Waals surface area contributed by atoms with Crippen molar-refractivity contribution < 1.29 is 19.1 Å². The third-order valence-electron chi connectivity index (χ3n) is 5.18. The number of rotatable bonds is 8. The molecule has 1 saturated heterocycles. The van der Waals surface area contributed by atoms with E-state index in [0.29, 0.717) is 44.8 Å². The lowest BCUT2D eigenvalue weighted by Gasteiger charge is -2.31. The molecule has 1 aliphatic rings. The van der Waals surface area contributed by atoms with Gasteiger partial charge in [-0.25, -0.2) is 0 Å². The number of likely N-dealkylation sites (tertiary alicyclic amines) is 1. The number of benzene rings is 2. The summed E-state index contributed by atoms with van der Waals surface area (Å²) in [5.41, 5.74) is 0. The standard InChI is InChI=1S/C22H27BrN2O4/c1-28-12-2-9-24-22(27)16-7-10-25(11-8-16)21(26)15-29-20-6-4-17-13-19(23)5-3-18(17)14-20/h3-6,13-14,16H,2,7-12,15H2,1H3,(H,24,27). The first-order valence-corrected chi connectivity index (χ1v) is 10.7. The second-order valence-electron chi connectivity index (χ2n) is 7.23. The van der Waals surface area contributed by atoms with Gasteiger partial charge in [0.05, 0.1) is 0 Å². The molecule has 156 valence electrons. The maximum Gasteiger partial charge on any atom is 0.260 e. The maximum atomic E-state index is 12.5. The van der Waals surface area contributed by atoms with E-state index in [1.807, 2.05) is 36.4 Å². The normalized spacial score (nSPS) is 14.8. The summed E-state index contributed by atoms with van der Waals surface area (Å²) in [4.78, 5) is 26.5. The molecule has 1 fully saturated rings. The number of piperidine rings is 1. The number of fused-ring (bicyclic) bond motifs is 1. The number of nitrogens with one attached hydrogen (secondary N) is 1. The van der Waals surface area contributed by atoms with Crippen molar-refractivity contribution in [1.82, 2.24) is 10.2 Å². The molecule has 0 atom stereocenters. The van der Waals surface area contributed by atoms with Crippen molar-refractivity contribution in [1.29, 1.82) is 0 Å². The molecule has 1 aliphatic heterocycles. The van der Waals surface area contributed by atoms with Crippen molar-refractivity contribution in [3.63, 3.8) is 0 Å². The molecule has 29 heavy (non-hydrogen) atoms. The minimum Gasteiger partial charge on any atom is -0.484 e. The van der Waals surface area contributed by atoms with Gasteiger partial charge in [0, 0.05) is 43.7 Å². The minimum absolute atomic E-state index is 0.00984. The number of carbonyl (C=O) groups excluding carboxylic acids is 2. The van der Waals surface area contributed by atoms with Crippen LogP contribution in [0.2, 0.25) is 0 Å². The molecule has 1 heterocycles. The van der Waals surface area contributed by atoms with E-state index in [2.05, 4.69) is 21.2 Å². The van der Waals surface area contributed by atoms with E-state index in [1.165, 1.54) is 0 Å². The number of carbonyl (C=O) groups is 2. The Labute approximate surface area is 179 Å². The van der Waals surface area contributed by atoms with Crippen LogP contribution in [0.1, 0.15) is 19.3 Å². The molecular weight excluding hydrogens is 436 g/mol. The Kier molecular flexibility index (Phi) is 7.89. The summed E-state index contributed by atoms with van der Waals surface area (Å²) in [7, 11) is 1.65. The average Bonchev–Trinajstić information content (AvgIpc) is 2.75. The second kappa shape index (κ2) is 10.6. The van der Waals surface area contributed by atoms with E-state index in [4.69, 9.17) is 9.47 Å². The van der Waals surface area contributed by atoms with E-state index in [9.17, 15) is 9.59 Å². The van der Waals surface area contributed by atoms with Crippen LogP contribution < -0.4 is 10.1 Å². The summed E-state index contributed by atoms with van der Waals surface area (Å²) in [5.74, 6) is 0.688. The van der Waals surface area contributed by atoms with Gasteiger partial charge in [-0.2, -0.15) is 0 Å². The van der Waals surface area contributed by atoms with Gasteiger partial charge < -0.3 is 19.7 Å². The van der Waals surface area contributed by atoms with Crippen LogP contribution in [0.15, 0.2) is 40.9 Å². The van der Waals surface area contributed by atoms with Crippen LogP contribution in [0.25, 0.3) is 10.8 Å². The van der Waals surface area contributed by atoms with Crippen LogP contribution in [-0.2, 0) is 14.3 Å². The summed E-state index contributed by atoms with van der Waals surface area (Å²) >= 11 is 3.46. The summed E-state index contributed by atoms with van der Waals surface area (Å²) in [6.07, 6.45) is 2.18. The molecule has 6 nitrogen and oxygen atoms in total. The van der Waals surface area contributed by atoms with Gasteiger partial charge in [-0.05, 0) is 54.3 Å². The highest BCUT2D eigenvalue weighted by Gasteiger charge is 2.27. The molecule has 3 rings (SSSR count). The topological polar surface area (TPSA) is 67.9 Å². The monoisotopic (exact) mass is 462 g/mol. The highest BCUT2D eigenvalue weighted by Crippen LogP contribution is 2.24. The third kappa shape index (κ3) is 6.18. The fourth-order valence-electron chi connectivity index (χ4n) is 3.48. The lowest BCUT2D eigenvalue weighted by Crippen LogP contribution is -2.44. The van der Waals surface area contributed by atoms with Crippen LogP contribution in [-0.4, -0.2) is 56.7 Å². The van der Waals surface area contributed by atoms with E-state index in [1.54, 1.807) is 12.0 Å². The van der Waals surface area contributed by atoms with Crippen molar-refractivity contribution in [2.45, 2.75) is 19.3 Å². The van der Waals surface area contributed by atoms with E-state index >= 15 is 0 Å². The Hall–Kier alpha value is -2.12. The van der Waals surface area contributed by atoms with E-state index in [-0.39, 0.29) is 24.3 Å². The molecule has 0 spiro atoms. The average molecular weight is 463 g/mol. The van der Waals surface area contributed by atoms with Crippen LogP contribution in [0, 0.1) is 5.92 Å². The van der Waals surface area contributed by atoms with E-state index < -0.39 is 0 Å². The molecule has 0 saturated carbocycles. The zero-order valence-corrected chi connectivity index (χ0v) is 18.2. The quantitative estimate of drug-likeness (QED) is 0.610.